The molecule has 5 aromatic rings. The first kappa shape index (κ1) is 55.4. The molecule has 3 aliphatic heterocycles. The number of H-pyrrole nitrogens is 1. The van der Waals surface area contributed by atoms with Crippen molar-refractivity contribution in [1.29, 1.82) is 0 Å². The van der Waals surface area contributed by atoms with Crippen LogP contribution in [-0.2, 0) is 31.0 Å². The summed E-state index contributed by atoms with van der Waals surface area (Å²) < 4.78 is 8.12. The lowest BCUT2D eigenvalue weighted by Crippen LogP contribution is -2.54. The van der Waals surface area contributed by atoms with Gasteiger partial charge in [0.25, 0.3) is 11.8 Å². The Balaban J connectivity index is 0.624. The van der Waals surface area contributed by atoms with E-state index in [0.717, 1.165) is 105 Å². The van der Waals surface area contributed by atoms with Crippen LogP contribution < -0.4 is 21.3 Å². The maximum absolute atomic E-state index is 13.3. The smallest absolute Gasteiger partial charge is 0.264 e. The largest absolute Gasteiger partial charge is 0.387 e. The van der Waals surface area contributed by atoms with Gasteiger partial charge in [-0.25, -0.2) is 19.9 Å². The van der Waals surface area contributed by atoms with E-state index in [1.807, 2.05) is 0 Å². The molecule has 3 aromatic heterocycles. The average molecular weight is 1060 g/mol. The molecule has 3 fully saturated rings. The number of benzene rings is 2. The Morgan fingerprint density at radius 1 is 0.883 bits per heavy atom. The summed E-state index contributed by atoms with van der Waals surface area (Å²) in [5.41, 5.74) is 5.60. The lowest BCUT2D eigenvalue weighted by Gasteiger charge is -2.46. The molecule has 20 heteroatoms. The number of carbonyl (C=O) groups excluding carboxylic acids is 5. The number of hydrogen-bond acceptors (Lipinski definition) is 15. The molecule has 0 radical (unpaired) electrons. The summed E-state index contributed by atoms with van der Waals surface area (Å²) in [5, 5.41) is 34.6. The molecule has 77 heavy (non-hydrogen) atoms. The minimum atomic E-state index is -1.17. The number of aliphatic hydroxyl groups is 2. The molecular formula is C57H78N12O8. The highest BCUT2D eigenvalue weighted by molar-refractivity contribution is 6.25. The summed E-state index contributed by atoms with van der Waals surface area (Å²) in [5.74, 6) is 0.178. The summed E-state index contributed by atoms with van der Waals surface area (Å²) in [7, 11) is 0. The fourth-order valence-electron chi connectivity index (χ4n) is 11.4. The van der Waals surface area contributed by atoms with E-state index >= 15 is 0 Å². The van der Waals surface area contributed by atoms with E-state index in [1.54, 1.807) is 29.1 Å². The van der Waals surface area contributed by atoms with Crippen molar-refractivity contribution in [1.82, 2.24) is 49.9 Å². The maximum Gasteiger partial charge on any atom is 0.264 e. The molecule has 0 spiro atoms. The lowest BCUT2D eigenvalue weighted by atomic mass is 9.76. The van der Waals surface area contributed by atoms with Crippen LogP contribution in [0.3, 0.4) is 0 Å². The van der Waals surface area contributed by atoms with E-state index in [9.17, 15) is 34.2 Å². The van der Waals surface area contributed by atoms with Crippen molar-refractivity contribution < 1.29 is 38.9 Å². The molecule has 5 atom stereocenters. The summed E-state index contributed by atoms with van der Waals surface area (Å²) >= 11 is 0. The number of anilines is 2. The number of aromatic nitrogens is 6. The van der Waals surface area contributed by atoms with Crippen LogP contribution in [0.1, 0.15) is 169 Å². The predicted octanol–water partition coefficient (Wildman–Crippen LogP) is 6.68. The Bertz CT molecular complexity index is 2910. The van der Waals surface area contributed by atoms with E-state index in [1.165, 1.54) is 11.9 Å². The van der Waals surface area contributed by atoms with Crippen LogP contribution in [-0.4, -0.2) is 142 Å². The first-order chi connectivity index (χ1) is 37.0. The first-order valence-corrected chi connectivity index (χ1v) is 28.1. The fraction of sp³-hybridized carbons (Fsp3) is 0.596. The number of aliphatic hydroxyl groups excluding tert-OH is 2. The molecule has 0 bridgehead atoms. The van der Waals surface area contributed by atoms with Crippen LogP contribution in [0.15, 0.2) is 49.1 Å². The summed E-state index contributed by atoms with van der Waals surface area (Å²) in [6.07, 6.45) is 12.5. The van der Waals surface area contributed by atoms with Crippen molar-refractivity contribution in [3.63, 3.8) is 0 Å². The molecule has 1 aliphatic carbocycles. The van der Waals surface area contributed by atoms with E-state index in [-0.39, 0.29) is 41.3 Å². The van der Waals surface area contributed by atoms with Crippen LogP contribution in [0.4, 0.5) is 11.5 Å². The number of fused-ring (bicyclic) bond motifs is 3. The number of aryl methyl sites for hydroxylation is 1. The number of nitrogens with one attached hydrogen (secondary N) is 5. The Morgan fingerprint density at radius 2 is 1.62 bits per heavy atom. The third kappa shape index (κ3) is 12.8. The molecule has 2 saturated heterocycles. The van der Waals surface area contributed by atoms with Gasteiger partial charge in [0.1, 0.15) is 36.5 Å². The van der Waals surface area contributed by atoms with Gasteiger partial charge in [-0.3, -0.25) is 43.7 Å². The van der Waals surface area contributed by atoms with Crippen molar-refractivity contribution in [2.75, 3.05) is 36.8 Å². The lowest BCUT2D eigenvalue weighted by molar-refractivity contribution is -0.136. The van der Waals surface area contributed by atoms with E-state index < -0.39 is 54.2 Å². The van der Waals surface area contributed by atoms with Gasteiger partial charge in [-0.2, -0.15) is 0 Å². The molecule has 4 aliphatic rings. The van der Waals surface area contributed by atoms with Crippen molar-refractivity contribution in [2.24, 2.45) is 5.92 Å². The molecular weight excluding hydrogens is 981 g/mol. The number of carbonyl (C=O) groups is 5. The zero-order valence-electron chi connectivity index (χ0n) is 45.4. The fourth-order valence-corrected chi connectivity index (χ4v) is 11.4. The quantitative estimate of drug-likeness (QED) is 0.0225. The van der Waals surface area contributed by atoms with Crippen LogP contribution in [0, 0.1) is 5.92 Å². The van der Waals surface area contributed by atoms with Gasteiger partial charge in [0.15, 0.2) is 23.2 Å². The SMILES string of the molecule is CC(C)N(CC1OC(n2cnc3c(NCCCCNC(=O)CCCCCCCCCNc4cccc5c4C(=O)N(C4CCC(=O)NC4=O)C5=O)ncnc32)C(O)C1O)C1CC(CCc2nc3cc(C(C)(C)C)ccc3[nH]2)C1. The molecule has 6 heterocycles. The predicted molar refractivity (Wildman–Crippen MR) is 292 cm³/mol. The number of aromatic amines is 1. The van der Waals surface area contributed by atoms with E-state index in [2.05, 4.69) is 98.9 Å². The Labute approximate surface area is 450 Å². The number of rotatable bonds is 26. The van der Waals surface area contributed by atoms with Gasteiger partial charge >= 0.3 is 0 Å². The van der Waals surface area contributed by atoms with Crippen LogP contribution in [0.25, 0.3) is 22.2 Å². The van der Waals surface area contributed by atoms with E-state index in [4.69, 9.17) is 9.72 Å². The normalized spacial score (nSPS) is 22.6. The standard InChI is InChI=1S/C57H78N12O8/c1-34(2)67(37-28-35(29-37)19-23-44-64-39-21-20-36(57(3,4)5)30-41(39)65-44)31-43-49(72)50(73)56(77-43)68-33-63-48-51(61-32-62-52(48)68)60-27-14-13-26-59-45(70)18-11-9-7-6-8-10-12-25-58-40-17-15-16-38-47(40)55(76)69(54(38)75)42-22-24-46(71)66-53(42)74/h15-17,20-21,30,32-35,37,42-43,49-50,56,58,72-73H,6-14,18-19,22-29,31H2,1-5H3,(H,59,70)(H,64,65)(H,60,61,62)(H,66,71,74). The van der Waals surface area contributed by atoms with Crippen LogP contribution in [0.5, 0.6) is 0 Å². The molecule has 1 saturated carbocycles. The number of imidazole rings is 2. The van der Waals surface area contributed by atoms with Crippen molar-refractivity contribution in [3.8, 4) is 0 Å². The Hall–Kier alpha value is -6.35. The molecule has 7 N–H and O–H groups in total. The maximum atomic E-state index is 13.3. The van der Waals surface area contributed by atoms with Gasteiger partial charge in [-0.15, -0.1) is 0 Å². The summed E-state index contributed by atoms with van der Waals surface area (Å²) in [6.45, 7) is 13.3. The van der Waals surface area contributed by atoms with Gasteiger partial charge in [0.05, 0.1) is 28.5 Å². The van der Waals surface area contributed by atoms with Crippen molar-refractivity contribution in [2.45, 2.75) is 185 Å². The summed E-state index contributed by atoms with van der Waals surface area (Å²) in [6, 6.07) is 11.2. The molecule has 5 unspecified atom stereocenters. The van der Waals surface area contributed by atoms with Gasteiger partial charge in [-0.1, -0.05) is 65.0 Å². The highest BCUT2D eigenvalue weighted by Crippen LogP contribution is 2.39. The third-order valence-corrected chi connectivity index (χ3v) is 16.0. The molecule has 20 nitrogen and oxygen atoms in total. The highest BCUT2D eigenvalue weighted by Gasteiger charge is 2.48. The number of hydrogen-bond donors (Lipinski definition) is 7. The second kappa shape index (κ2) is 24.5. The minimum absolute atomic E-state index is 0.0537. The first-order valence-electron chi connectivity index (χ1n) is 28.1. The number of nitrogens with zero attached hydrogens (tertiary/aromatic N) is 7. The number of ether oxygens (including phenoxy) is 1. The Kier molecular flexibility index (Phi) is 17.7. The number of imide groups is 2. The van der Waals surface area contributed by atoms with E-state index in [0.29, 0.717) is 67.2 Å². The second-order valence-corrected chi connectivity index (χ2v) is 22.9. The number of amides is 5. The third-order valence-electron chi connectivity index (χ3n) is 16.0. The van der Waals surface area contributed by atoms with Gasteiger partial charge in [0, 0.05) is 63.2 Å². The molecule has 2 aromatic carbocycles. The highest BCUT2D eigenvalue weighted by atomic mass is 16.6. The zero-order chi connectivity index (χ0) is 54.4. The number of unbranched alkanes of at least 4 members (excludes halogenated alkanes) is 7. The van der Waals surface area contributed by atoms with Gasteiger partial charge < -0.3 is 35.9 Å². The molecule has 5 amide bonds. The second-order valence-electron chi connectivity index (χ2n) is 22.9. The summed E-state index contributed by atoms with van der Waals surface area (Å²) in [4.78, 5) is 88.4. The monoisotopic (exact) mass is 1060 g/mol. The molecule has 9 rings (SSSR count). The van der Waals surface area contributed by atoms with Gasteiger partial charge in [-0.05, 0) is 106 Å². The number of piperidine rings is 1. The van der Waals surface area contributed by atoms with Crippen molar-refractivity contribution in [3.05, 3.63) is 71.6 Å². The van der Waals surface area contributed by atoms with Gasteiger partial charge in [0.2, 0.25) is 17.7 Å². The zero-order valence-corrected chi connectivity index (χ0v) is 45.4. The Morgan fingerprint density at radius 3 is 2.39 bits per heavy atom. The van der Waals surface area contributed by atoms with Crippen molar-refractivity contribution >= 4 is 63.2 Å². The van der Waals surface area contributed by atoms with Crippen LogP contribution in [0.2, 0.25) is 0 Å². The molecule has 414 valence electrons. The minimum Gasteiger partial charge on any atom is -0.387 e. The average Bonchev–Trinajstić information content (AvgIpc) is 4.19. The van der Waals surface area contributed by atoms with Crippen LogP contribution >= 0.6 is 0 Å². The topological polar surface area (TPSA) is 262 Å².